The summed E-state index contributed by atoms with van der Waals surface area (Å²) in [6.45, 7) is -0.911. The summed E-state index contributed by atoms with van der Waals surface area (Å²) in [6.07, 6.45) is -2.95. The predicted molar refractivity (Wildman–Crippen MR) is 89.7 cm³/mol. The number of hydrogen-bond acceptors (Lipinski definition) is 5. The minimum absolute atomic E-state index is 0.416. The Labute approximate surface area is 155 Å². The van der Waals surface area contributed by atoms with Crippen LogP contribution in [0.15, 0.2) is 30.3 Å². The van der Waals surface area contributed by atoms with E-state index in [0.29, 0.717) is 12.8 Å². The lowest BCUT2D eigenvalue weighted by Crippen LogP contribution is -2.54. The Balaban J connectivity index is 2.40. The molecule has 1 aromatic carbocycles. The number of ketones is 1. The number of Topliss-reactive ketones (excluding diaryl/α,β-unsaturated/α-hetero) is 1. The van der Waals surface area contributed by atoms with E-state index in [1.807, 2.05) is 0 Å². The minimum Gasteiger partial charge on any atom is -0.451 e. The van der Waals surface area contributed by atoms with E-state index < -0.39 is 47.7 Å². The third kappa shape index (κ3) is 4.32. The molecule has 5 nitrogen and oxygen atoms in total. The van der Waals surface area contributed by atoms with Crippen molar-refractivity contribution >= 4 is 11.8 Å². The first-order valence-electron chi connectivity index (χ1n) is 8.80. The number of halogens is 3. The molecule has 8 heteroatoms. The number of methoxy groups -OCH3 is 1. The van der Waals surface area contributed by atoms with Crippen molar-refractivity contribution in [1.29, 1.82) is 0 Å². The van der Waals surface area contributed by atoms with Gasteiger partial charge < -0.3 is 14.6 Å². The summed E-state index contributed by atoms with van der Waals surface area (Å²) < 4.78 is 51.5. The van der Waals surface area contributed by atoms with Crippen LogP contribution in [0, 0.1) is 5.92 Å². The van der Waals surface area contributed by atoms with Gasteiger partial charge in [0.15, 0.2) is 11.9 Å². The smallest absolute Gasteiger partial charge is 0.432 e. The van der Waals surface area contributed by atoms with Crippen molar-refractivity contribution in [2.75, 3.05) is 13.7 Å². The van der Waals surface area contributed by atoms with Gasteiger partial charge in [0.2, 0.25) is 0 Å². The molecule has 1 N–H and O–H groups in total. The molecule has 0 aromatic heterocycles. The largest absolute Gasteiger partial charge is 0.451 e. The van der Waals surface area contributed by atoms with Gasteiger partial charge in [-0.25, -0.2) is 4.79 Å². The lowest BCUT2D eigenvalue weighted by Gasteiger charge is -2.35. The molecule has 0 bridgehead atoms. The molecule has 0 unspecified atom stereocenters. The molecule has 1 aromatic rings. The maximum Gasteiger partial charge on any atom is 0.432 e. The van der Waals surface area contributed by atoms with Crippen LogP contribution in [-0.2, 0) is 24.7 Å². The van der Waals surface area contributed by atoms with E-state index in [1.54, 1.807) is 0 Å². The Morgan fingerprint density at radius 3 is 2.22 bits per heavy atom. The zero-order valence-electron chi connectivity index (χ0n) is 15.0. The standard InChI is InChI=1S/C19H23F3O5/c1-26-18(19(20,21)22,14-10-6-3-7-11-14)17(25)27-16(15(24)12-23)13-8-4-2-5-9-13/h3,6-7,10-11,13,16,23H,2,4-5,8-9,12H2,1H3/t16-,18+/m0/s1. The second kappa shape index (κ2) is 8.84. The van der Waals surface area contributed by atoms with Gasteiger partial charge in [0.05, 0.1) is 0 Å². The highest BCUT2D eigenvalue weighted by molar-refractivity contribution is 5.89. The number of rotatable bonds is 7. The third-order valence-corrected chi connectivity index (χ3v) is 4.96. The molecule has 27 heavy (non-hydrogen) atoms. The van der Waals surface area contributed by atoms with Crippen LogP contribution >= 0.6 is 0 Å². The molecule has 0 heterocycles. The number of esters is 1. The molecule has 0 saturated heterocycles. The first kappa shape index (κ1) is 21.4. The Kier molecular flexibility index (Phi) is 7.00. The van der Waals surface area contributed by atoms with Crippen molar-refractivity contribution in [2.45, 2.75) is 50.0 Å². The maximum absolute atomic E-state index is 13.9. The summed E-state index contributed by atoms with van der Waals surface area (Å²) in [4.78, 5) is 24.8. The first-order chi connectivity index (χ1) is 12.8. The highest BCUT2D eigenvalue weighted by Crippen LogP contribution is 2.43. The molecule has 0 aliphatic heterocycles. The molecule has 0 spiro atoms. The second-order valence-electron chi connectivity index (χ2n) is 6.60. The van der Waals surface area contributed by atoms with Crippen LogP contribution in [0.4, 0.5) is 13.2 Å². The Bertz CT molecular complexity index is 640. The number of carbonyl (C=O) groups excluding carboxylic acids is 2. The van der Waals surface area contributed by atoms with Crippen LogP contribution in [0.25, 0.3) is 0 Å². The van der Waals surface area contributed by atoms with E-state index in [-0.39, 0.29) is 0 Å². The molecule has 0 amide bonds. The number of ether oxygens (including phenoxy) is 2. The maximum atomic E-state index is 13.9. The fourth-order valence-corrected chi connectivity index (χ4v) is 3.54. The molecule has 1 aliphatic rings. The summed E-state index contributed by atoms with van der Waals surface area (Å²) in [6, 6.07) is 6.43. The zero-order chi connectivity index (χ0) is 20.1. The highest BCUT2D eigenvalue weighted by Gasteiger charge is 2.64. The third-order valence-electron chi connectivity index (χ3n) is 4.96. The van der Waals surface area contributed by atoms with Gasteiger partial charge >= 0.3 is 12.1 Å². The van der Waals surface area contributed by atoms with Gasteiger partial charge in [-0.15, -0.1) is 0 Å². The van der Waals surface area contributed by atoms with Crippen LogP contribution in [0.5, 0.6) is 0 Å². The van der Waals surface area contributed by atoms with Crippen LogP contribution in [0.1, 0.15) is 37.7 Å². The van der Waals surface area contributed by atoms with Crippen LogP contribution < -0.4 is 0 Å². The minimum atomic E-state index is -5.11. The van der Waals surface area contributed by atoms with Gasteiger partial charge in [-0.05, 0) is 12.8 Å². The monoisotopic (exact) mass is 388 g/mol. The number of aliphatic hydroxyl groups is 1. The number of benzene rings is 1. The van der Waals surface area contributed by atoms with Gasteiger partial charge in [-0.3, -0.25) is 4.79 Å². The number of alkyl halides is 3. The molecule has 2 atom stereocenters. The number of aliphatic hydroxyl groups excluding tert-OH is 1. The van der Waals surface area contributed by atoms with Crippen molar-refractivity contribution < 1.29 is 37.3 Å². The molecular weight excluding hydrogens is 365 g/mol. The van der Waals surface area contributed by atoms with Crippen molar-refractivity contribution in [3.63, 3.8) is 0 Å². The Morgan fingerprint density at radius 1 is 1.15 bits per heavy atom. The summed E-state index contributed by atoms with van der Waals surface area (Å²) >= 11 is 0. The summed E-state index contributed by atoms with van der Waals surface area (Å²) in [5.74, 6) is -2.93. The van der Waals surface area contributed by atoms with E-state index in [2.05, 4.69) is 4.74 Å². The zero-order valence-corrected chi connectivity index (χ0v) is 15.0. The van der Waals surface area contributed by atoms with Gasteiger partial charge in [-0.2, -0.15) is 13.2 Å². The highest BCUT2D eigenvalue weighted by atomic mass is 19.4. The number of hydrogen-bond donors (Lipinski definition) is 1. The quantitative estimate of drug-likeness (QED) is 0.727. The summed E-state index contributed by atoms with van der Waals surface area (Å²) in [5, 5.41) is 9.19. The SMILES string of the molecule is CO[C@@](C(=O)O[C@H](C(=O)CO)C1CCCCC1)(c1ccccc1)C(F)(F)F. The van der Waals surface area contributed by atoms with E-state index in [1.165, 1.54) is 18.2 Å². The molecule has 0 radical (unpaired) electrons. The van der Waals surface area contributed by atoms with E-state index in [9.17, 15) is 27.9 Å². The van der Waals surface area contributed by atoms with E-state index in [4.69, 9.17) is 4.74 Å². The fourth-order valence-electron chi connectivity index (χ4n) is 3.54. The average molecular weight is 388 g/mol. The van der Waals surface area contributed by atoms with Crippen LogP contribution in [0.2, 0.25) is 0 Å². The molecule has 2 rings (SSSR count). The van der Waals surface area contributed by atoms with Gasteiger partial charge in [-0.1, -0.05) is 49.6 Å². The van der Waals surface area contributed by atoms with Crippen molar-refractivity contribution in [3.05, 3.63) is 35.9 Å². The molecule has 1 fully saturated rings. The molecule has 150 valence electrons. The van der Waals surface area contributed by atoms with Crippen LogP contribution in [0.3, 0.4) is 0 Å². The topological polar surface area (TPSA) is 72.8 Å². The van der Waals surface area contributed by atoms with E-state index in [0.717, 1.165) is 38.5 Å². The lowest BCUT2D eigenvalue weighted by atomic mass is 9.83. The lowest BCUT2D eigenvalue weighted by molar-refractivity contribution is -0.278. The molecule has 1 aliphatic carbocycles. The normalized spacial score (nSPS) is 19.1. The molecule has 1 saturated carbocycles. The fraction of sp³-hybridized carbons (Fsp3) is 0.579. The Morgan fingerprint density at radius 2 is 1.74 bits per heavy atom. The Hall–Kier alpha value is -1.93. The van der Waals surface area contributed by atoms with Crippen molar-refractivity contribution in [2.24, 2.45) is 5.92 Å². The van der Waals surface area contributed by atoms with Crippen molar-refractivity contribution in [1.82, 2.24) is 0 Å². The average Bonchev–Trinajstić information content (AvgIpc) is 2.67. The summed E-state index contributed by atoms with van der Waals surface area (Å²) in [7, 11) is 0.769. The second-order valence-corrected chi connectivity index (χ2v) is 6.60. The summed E-state index contributed by atoms with van der Waals surface area (Å²) in [5.41, 5.74) is -3.79. The van der Waals surface area contributed by atoms with E-state index >= 15 is 0 Å². The van der Waals surface area contributed by atoms with Gasteiger partial charge in [0.1, 0.15) is 6.61 Å². The van der Waals surface area contributed by atoms with Crippen LogP contribution in [-0.4, -0.2) is 42.9 Å². The van der Waals surface area contributed by atoms with Crippen molar-refractivity contribution in [3.8, 4) is 0 Å². The molecular formula is C19H23F3O5. The number of carbonyl (C=O) groups is 2. The predicted octanol–water partition coefficient (Wildman–Crippen LogP) is 3.14. The first-order valence-corrected chi connectivity index (χ1v) is 8.80. The van der Waals surface area contributed by atoms with Gasteiger partial charge in [0.25, 0.3) is 5.60 Å². The van der Waals surface area contributed by atoms with Gasteiger partial charge in [0, 0.05) is 18.6 Å².